The first-order valence-electron chi connectivity index (χ1n) is 15.9. The lowest BCUT2D eigenvalue weighted by Gasteiger charge is -2.50. The number of nitrogens with zero attached hydrogens (tertiary/aromatic N) is 2. The second-order valence-corrected chi connectivity index (χ2v) is 15.2. The van der Waals surface area contributed by atoms with Crippen molar-refractivity contribution >= 4 is 85.5 Å². The molecule has 12 heteroatoms. The Morgan fingerprint density at radius 2 is 1.42 bits per heavy atom. The molecule has 3 fully saturated rings. The van der Waals surface area contributed by atoms with Gasteiger partial charge in [0.2, 0.25) is 11.8 Å². The molecule has 8 nitrogen and oxygen atoms in total. The van der Waals surface area contributed by atoms with Crippen molar-refractivity contribution in [1.82, 2.24) is 0 Å². The number of rotatable bonds is 5. The molecule has 4 aliphatic rings. The zero-order valence-electron chi connectivity index (χ0n) is 26.0. The van der Waals surface area contributed by atoms with Crippen LogP contribution in [0.4, 0.5) is 27.1 Å². The molecule has 4 aromatic rings. The molecule has 8 rings (SSSR count). The van der Waals surface area contributed by atoms with Crippen molar-refractivity contribution < 1.29 is 28.7 Å². The number of benzene rings is 4. The van der Waals surface area contributed by atoms with Gasteiger partial charge in [0.15, 0.2) is 9.75 Å². The van der Waals surface area contributed by atoms with E-state index in [1.807, 2.05) is 30.3 Å². The number of carbonyl (C=O) groups is 4. The van der Waals surface area contributed by atoms with Crippen LogP contribution in [-0.2, 0) is 19.2 Å². The Kier molecular flexibility index (Phi) is 7.70. The van der Waals surface area contributed by atoms with Crippen LogP contribution in [0.2, 0.25) is 0 Å². The van der Waals surface area contributed by atoms with Gasteiger partial charge in [-0.2, -0.15) is 0 Å². The van der Waals surface area contributed by atoms with Crippen LogP contribution in [0.15, 0.2) is 113 Å². The first-order chi connectivity index (χ1) is 23.9. The maximum Gasteiger partial charge on any atom is 0.258 e. The van der Waals surface area contributed by atoms with Crippen LogP contribution >= 0.6 is 39.1 Å². The molecule has 0 bridgehead atoms. The molecule has 6 atom stereocenters. The number of phenols is 1. The fourth-order valence-corrected chi connectivity index (χ4v) is 9.44. The number of fused-ring (bicyclic) bond motifs is 4. The minimum absolute atomic E-state index is 0.0754. The lowest BCUT2D eigenvalue weighted by molar-refractivity contribution is -0.125. The molecule has 0 spiro atoms. The van der Waals surface area contributed by atoms with Gasteiger partial charge >= 0.3 is 0 Å². The van der Waals surface area contributed by atoms with Crippen molar-refractivity contribution in [3.8, 4) is 5.75 Å². The quantitative estimate of drug-likeness (QED) is 0.122. The van der Waals surface area contributed by atoms with E-state index in [2.05, 4.69) is 21.2 Å². The van der Waals surface area contributed by atoms with Crippen LogP contribution in [0.1, 0.15) is 24.3 Å². The maximum atomic E-state index is 14.5. The molecule has 6 unspecified atom stereocenters. The number of carbonyl (C=O) groups excluding carboxylic acids is 4. The van der Waals surface area contributed by atoms with Gasteiger partial charge in [-0.15, -0.1) is 23.2 Å². The van der Waals surface area contributed by atoms with Gasteiger partial charge in [-0.25, -0.2) is 9.29 Å². The van der Waals surface area contributed by atoms with Gasteiger partial charge in [-0.05, 0) is 97.6 Å². The maximum absolute atomic E-state index is 14.5. The van der Waals surface area contributed by atoms with E-state index >= 15 is 0 Å². The first-order valence-corrected chi connectivity index (χ1v) is 17.5. The topological polar surface area (TPSA) is 107 Å². The predicted molar refractivity (Wildman–Crippen MR) is 191 cm³/mol. The highest BCUT2D eigenvalue weighted by Gasteiger charge is 2.77. The fraction of sp³-hybridized carbons (Fsp3) is 0.211. The van der Waals surface area contributed by atoms with Crippen LogP contribution in [-0.4, -0.2) is 38.5 Å². The van der Waals surface area contributed by atoms with Crippen molar-refractivity contribution in [2.24, 2.45) is 17.8 Å². The first kappa shape index (κ1) is 32.7. The number of allylic oxidation sites excluding steroid dienone is 2. The third kappa shape index (κ3) is 4.68. The molecule has 2 aliphatic carbocycles. The molecular formula is C38H27BrCl2FN3O5. The van der Waals surface area contributed by atoms with Crippen molar-refractivity contribution in [2.75, 3.05) is 15.1 Å². The molecule has 0 radical (unpaired) electrons. The van der Waals surface area contributed by atoms with Gasteiger partial charge < -0.3 is 10.4 Å². The van der Waals surface area contributed by atoms with E-state index in [1.165, 1.54) is 23.1 Å². The monoisotopic (exact) mass is 773 g/mol. The number of phenolic OH excluding ortho intramolecular Hbond substituents is 1. The summed E-state index contributed by atoms with van der Waals surface area (Å²) in [5.74, 6) is -6.88. The van der Waals surface area contributed by atoms with Crippen LogP contribution in [0.3, 0.4) is 0 Å². The summed E-state index contributed by atoms with van der Waals surface area (Å²) >= 11 is 18.2. The molecule has 2 N–H and O–H groups in total. The third-order valence-electron chi connectivity index (χ3n) is 10.4. The molecule has 4 amide bonds. The summed E-state index contributed by atoms with van der Waals surface area (Å²) in [7, 11) is 0. The van der Waals surface area contributed by atoms with E-state index in [4.69, 9.17) is 23.2 Å². The molecule has 50 heavy (non-hydrogen) atoms. The smallest absolute Gasteiger partial charge is 0.258 e. The molecule has 1 saturated carbocycles. The third-order valence-corrected chi connectivity index (χ3v) is 12.3. The highest BCUT2D eigenvalue weighted by molar-refractivity contribution is 9.10. The summed E-state index contributed by atoms with van der Waals surface area (Å²) in [6.45, 7) is 0. The van der Waals surface area contributed by atoms with Gasteiger partial charge in [0.1, 0.15) is 11.6 Å². The standard InChI is InChI=1S/C38H27BrCl2FN3O5/c39-20-6-17-30(46)28(18-20)32-26-15-16-27-31(34(48)44(33(27)47)24-13-9-23(10-14-24)43-22-4-2-1-3-5-22)29(26)19-37(40)35(49)45(36(50)38(32,37)41)25-11-7-21(42)8-12-25/h1-15,17-18,27,29,31-32,43,46H,16,19H2. The van der Waals surface area contributed by atoms with Crippen molar-refractivity contribution in [3.63, 3.8) is 0 Å². The van der Waals surface area contributed by atoms with Crippen molar-refractivity contribution in [1.29, 1.82) is 0 Å². The van der Waals surface area contributed by atoms with Crippen molar-refractivity contribution in [2.45, 2.75) is 28.5 Å². The number of anilines is 4. The number of aromatic hydroxyl groups is 1. The van der Waals surface area contributed by atoms with Crippen LogP contribution < -0.4 is 15.1 Å². The number of nitrogens with one attached hydrogen (secondary N) is 1. The second kappa shape index (κ2) is 11.8. The van der Waals surface area contributed by atoms with E-state index in [0.717, 1.165) is 28.4 Å². The largest absolute Gasteiger partial charge is 0.508 e. The molecule has 2 heterocycles. The van der Waals surface area contributed by atoms with Gasteiger partial charge in [-0.3, -0.25) is 24.1 Å². The average Bonchev–Trinajstić information content (AvgIpc) is 3.45. The van der Waals surface area contributed by atoms with Crippen molar-refractivity contribution in [3.05, 3.63) is 125 Å². The normalized spacial score (nSPS) is 28.7. The Bertz CT molecular complexity index is 2130. The zero-order valence-corrected chi connectivity index (χ0v) is 29.1. The number of hydrogen-bond acceptors (Lipinski definition) is 6. The molecule has 4 aromatic carbocycles. The fourth-order valence-electron chi connectivity index (χ4n) is 8.14. The highest BCUT2D eigenvalue weighted by Crippen LogP contribution is 2.66. The Hall–Kier alpha value is -4.51. The van der Waals surface area contributed by atoms with E-state index in [0.29, 0.717) is 15.7 Å². The Morgan fingerprint density at radius 3 is 2.12 bits per heavy atom. The molecule has 0 aromatic heterocycles. The van der Waals surface area contributed by atoms with E-state index in [9.17, 15) is 28.7 Å². The lowest BCUT2D eigenvalue weighted by atomic mass is 9.56. The lowest BCUT2D eigenvalue weighted by Crippen LogP contribution is -2.60. The van der Waals surface area contributed by atoms with Gasteiger partial charge in [0.25, 0.3) is 11.8 Å². The van der Waals surface area contributed by atoms with Crippen LogP contribution in [0.25, 0.3) is 0 Å². The minimum Gasteiger partial charge on any atom is -0.508 e. The Balaban J connectivity index is 1.21. The van der Waals surface area contributed by atoms with Gasteiger partial charge in [-0.1, -0.05) is 45.8 Å². The number of alkyl halides is 2. The Morgan fingerprint density at radius 1 is 0.780 bits per heavy atom. The Labute approximate surface area is 304 Å². The van der Waals surface area contributed by atoms with Gasteiger partial charge in [0, 0.05) is 27.3 Å². The number of halogens is 4. The van der Waals surface area contributed by atoms with Crippen LogP contribution in [0, 0.1) is 23.6 Å². The van der Waals surface area contributed by atoms with Gasteiger partial charge in [0.05, 0.1) is 23.2 Å². The molecule has 2 aliphatic heterocycles. The molecular weight excluding hydrogens is 748 g/mol. The second-order valence-electron chi connectivity index (χ2n) is 13.0. The highest BCUT2D eigenvalue weighted by atomic mass is 79.9. The zero-order chi connectivity index (χ0) is 35.1. The predicted octanol–water partition coefficient (Wildman–Crippen LogP) is 7.81. The summed E-state index contributed by atoms with van der Waals surface area (Å²) in [6, 6.07) is 26.0. The summed E-state index contributed by atoms with van der Waals surface area (Å²) in [6.07, 6.45) is 1.74. The van der Waals surface area contributed by atoms with E-state index in [-0.39, 0.29) is 35.7 Å². The number of amides is 4. The summed E-state index contributed by atoms with van der Waals surface area (Å²) in [5, 5.41) is 14.5. The number of para-hydroxylation sites is 1. The molecule has 252 valence electrons. The average molecular weight is 775 g/mol. The molecule has 2 saturated heterocycles. The minimum atomic E-state index is -2.15. The summed E-state index contributed by atoms with van der Waals surface area (Å²) < 4.78 is 14.5. The number of hydrogen-bond donors (Lipinski definition) is 2. The van der Waals surface area contributed by atoms with Crippen LogP contribution in [0.5, 0.6) is 5.75 Å². The van der Waals surface area contributed by atoms with E-state index in [1.54, 1.807) is 42.5 Å². The van der Waals surface area contributed by atoms with E-state index < -0.39 is 57.0 Å². The SMILES string of the molecule is O=C1C2CC=C3C(CC4(Cl)C(=O)N(c5ccc(F)cc5)C(=O)C4(Cl)C3c3cc(Br)ccc3O)C2C(=O)N1c1ccc(Nc2ccccc2)cc1. The summed E-state index contributed by atoms with van der Waals surface area (Å²) in [5.41, 5.74) is 2.89. The number of imide groups is 2. The summed E-state index contributed by atoms with van der Waals surface area (Å²) in [4.78, 5) is 55.1.